The van der Waals surface area contributed by atoms with Crippen LogP contribution in [0.25, 0.3) is 0 Å². The zero-order valence-corrected chi connectivity index (χ0v) is 19.3. The first-order valence-corrected chi connectivity index (χ1v) is 12.1. The lowest BCUT2D eigenvalue weighted by atomic mass is 10.0. The second-order valence-electron chi connectivity index (χ2n) is 7.87. The van der Waals surface area contributed by atoms with Gasteiger partial charge in [-0.25, -0.2) is 13.1 Å². The molecule has 0 saturated carbocycles. The van der Waals surface area contributed by atoms with Crippen LogP contribution in [0.2, 0.25) is 0 Å². The van der Waals surface area contributed by atoms with Crippen molar-refractivity contribution in [2.24, 2.45) is 0 Å². The molecular weight excluding hydrogens is 438 g/mol. The van der Waals surface area contributed by atoms with Gasteiger partial charge in [0.1, 0.15) is 6.04 Å². The SMILES string of the molecule is CC(C)NS(=O)(=O)c1ccc(NC(=O)C(Cc2ccccc2)NC(=O)c2ccccc2)cc1. The minimum Gasteiger partial charge on any atom is -0.340 e. The van der Waals surface area contributed by atoms with Gasteiger partial charge in [0.2, 0.25) is 15.9 Å². The van der Waals surface area contributed by atoms with E-state index in [1.54, 1.807) is 38.1 Å². The summed E-state index contributed by atoms with van der Waals surface area (Å²) in [5, 5.41) is 5.57. The predicted octanol–water partition coefficient (Wildman–Crippen LogP) is 3.35. The Morgan fingerprint density at radius 1 is 0.818 bits per heavy atom. The number of amides is 2. The molecule has 0 aromatic heterocycles. The van der Waals surface area contributed by atoms with E-state index in [0.29, 0.717) is 17.7 Å². The normalized spacial score (nSPS) is 12.2. The van der Waals surface area contributed by atoms with Gasteiger partial charge < -0.3 is 10.6 Å². The third kappa shape index (κ3) is 7.00. The van der Waals surface area contributed by atoms with Crippen molar-refractivity contribution < 1.29 is 18.0 Å². The van der Waals surface area contributed by atoms with Crippen LogP contribution in [0.1, 0.15) is 29.8 Å². The average Bonchev–Trinajstić information content (AvgIpc) is 2.79. The second-order valence-corrected chi connectivity index (χ2v) is 9.59. The number of sulfonamides is 1. The quantitative estimate of drug-likeness (QED) is 0.451. The summed E-state index contributed by atoms with van der Waals surface area (Å²) in [6, 6.07) is 22.9. The van der Waals surface area contributed by atoms with Gasteiger partial charge in [-0.3, -0.25) is 9.59 Å². The van der Waals surface area contributed by atoms with Gasteiger partial charge in [-0.1, -0.05) is 48.5 Å². The van der Waals surface area contributed by atoms with Crippen LogP contribution in [-0.4, -0.2) is 32.3 Å². The van der Waals surface area contributed by atoms with Gasteiger partial charge in [-0.15, -0.1) is 0 Å². The largest absolute Gasteiger partial charge is 0.340 e. The van der Waals surface area contributed by atoms with Crippen molar-refractivity contribution in [1.29, 1.82) is 0 Å². The van der Waals surface area contributed by atoms with Gasteiger partial charge >= 0.3 is 0 Å². The van der Waals surface area contributed by atoms with E-state index in [9.17, 15) is 18.0 Å². The van der Waals surface area contributed by atoms with Gasteiger partial charge in [-0.2, -0.15) is 0 Å². The van der Waals surface area contributed by atoms with Crippen LogP contribution < -0.4 is 15.4 Å². The fraction of sp³-hybridized carbons (Fsp3) is 0.200. The van der Waals surface area contributed by atoms with E-state index < -0.39 is 22.0 Å². The third-order valence-corrected chi connectivity index (χ3v) is 6.44. The molecule has 0 bridgehead atoms. The fourth-order valence-corrected chi connectivity index (χ4v) is 4.47. The van der Waals surface area contributed by atoms with Crippen LogP contribution in [0, 0.1) is 0 Å². The molecule has 7 nitrogen and oxygen atoms in total. The zero-order valence-electron chi connectivity index (χ0n) is 18.5. The van der Waals surface area contributed by atoms with Gasteiger partial charge in [0.15, 0.2) is 0 Å². The highest BCUT2D eigenvalue weighted by Gasteiger charge is 2.22. The molecule has 0 radical (unpaired) electrons. The average molecular weight is 466 g/mol. The summed E-state index contributed by atoms with van der Waals surface area (Å²) in [6.45, 7) is 3.48. The van der Waals surface area contributed by atoms with E-state index >= 15 is 0 Å². The Kier molecular flexibility index (Phi) is 7.97. The maximum Gasteiger partial charge on any atom is 0.251 e. The summed E-state index contributed by atoms with van der Waals surface area (Å²) in [4.78, 5) is 25.8. The Bertz CT molecular complexity index is 1180. The summed E-state index contributed by atoms with van der Waals surface area (Å²) < 4.78 is 27.1. The van der Waals surface area contributed by atoms with Gasteiger partial charge in [0, 0.05) is 23.7 Å². The zero-order chi connectivity index (χ0) is 23.8. The Labute approximate surface area is 194 Å². The molecule has 3 aromatic carbocycles. The molecule has 3 N–H and O–H groups in total. The number of hydrogen-bond donors (Lipinski definition) is 3. The molecule has 8 heteroatoms. The topological polar surface area (TPSA) is 104 Å². The summed E-state index contributed by atoms with van der Waals surface area (Å²) in [6.07, 6.45) is 0.302. The van der Waals surface area contributed by atoms with Crippen molar-refractivity contribution in [3.63, 3.8) is 0 Å². The summed E-state index contributed by atoms with van der Waals surface area (Å²) in [5.41, 5.74) is 1.78. The van der Waals surface area contributed by atoms with E-state index in [2.05, 4.69) is 15.4 Å². The van der Waals surface area contributed by atoms with Crippen molar-refractivity contribution in [3.05, 3.63) is 96.1 Å². The van der Waals surface area contributed by atoms with Crippen molar-refractivity contribution in [2.45, 2.75) is 37.2 Å². The molecule has 0 aliphatic carbocycles. The fourth-order valence-electron chi connectivity index (χ4n) is 3.22. The first-order chi connectivity index (χ1) is 15.7. The van der Waals surface area contributed by atoms with Gasteiger partial charge in [0.25, 0.3) is 5.91 Å². The van der Waals surface area contributed by atoms with Crippen molar-refractivity contribution >= 4 is 27.5 Å². The molecule has 0 fully saturated rings. The van der Waals surface area contributed by atoms with E-state index in [4.69, 9.17) is 0 Å². The molecule has 2 amide bonds. The van der Waals surface area contributed by atoms with Crippen LogP contribution in [0.4, 0.5) is 5.69 Å². The van der Waals surface area contributed by atoms with Gasteiger partial charge in [-0.05, 0) is 55.8 Å². The molecule has 0 aliphatic rings. The first-order valence-electron chi connectivity index (χ1n) is 10.6. The van der Waals surface area contributed by atoms with E-state index in [-0.39, 0.29) is 16.8 Å². The molecule has 0 heterocycles. The van der Waals surface area contributed by atoms with Crippen LogP contribution in [-0.2, 0) is 21.2 Å². The van der Waals surface area contributed by atoms with Crippen molar-refractivity contribution in [1.82, 2.24) is 10.0 Å². The van der Waals surface area contributed by atoms with Crippen molar-refractivity contribution in [2.75, 3.05) is 5.32 Å². The van der Waals surface area contributed by atoms with Crippen molar-refractivity contribution in [3.8, 4) is 0 Å². The maximum atomic E-state index is 13.1. The smallest absolute Gasteiger partial charge is 0.251 e. The molecule has 3 rings (SSSR count). The number of rotatable bonds is 9. The molecule has 3 aromatic rings. The number of nitrogens with one attached hydrogen (secondary N) is 3. The summed E-state index contributed by atoms with van der Waals surface area (Å²) >= 11 is 0. The molecule has 0 spiro atoms. The number of anilines is 1. The van der Waals surface area contributed by atoms with E-state index in [1.165, 1.54) is 24.3 Å². The molecule has 172 valence electrons. The highest BCUT2D eigenvalue weighted by atomic mass is 32.2. The highest BCUT2D eigenvalue weighted by Crippen LogP contribution is 2.15. The highest BCUT2D eigenvalue weighted by molar-refractivity contribution is 7.89. The van der Waals surface area contributed by atoms with Crippen LogP contribution in [0.5, 0.6) is 0 Å². The van der Waals surface area contributed by atoms with Crippen LogP contribution >= 0.6 is 0 Å². The van der Waals surface area contributed by atoms with E-state index in [0.717, 1.165) is 5.56 Å². The monoisotopic (exact) mass is 465 g/mol. The number of hydrogen-bond acceptors (Lipinski definition) is 4. The first kappa shape index (κ1) is 24.2. The Morgan fingerprint density at radius 2 is 1.39 bits per heavy atom. The Hall–Kier alpha value is -3.49. The third-order valence-electron chi connectivity index (χ3n) is 4.76. The summed E-state index contributed by atoms with van der Waals surface area (Å²) in [5.74, 6) is -0.757. The minimum atomic E-state index is -3.63. The lowest BCUT2D eigenvalue weighted by Crippen LogP contribution is -2.45. The number of carbonyl (C=O) groups is 2. The molecule has 0 saturated heterocycles. The summed E-state index contributed by atoms with van der Waals surface area (Å²) in [7, 11) is -3.63. The Morgan fingerprint density at radius 3 is 1.97 bits per heavy atom. The minimum absolute atomic E-state index is 0.104. The molecule has 0 aliphatic heterocycles. The number of carbonyl (C=O) groups excluding carboxylic acids is 2. The van der Waals surface area contributed by atoms with E-state index in [1.807, 2.05) is 36.4 Å². The molecule has 33 heavy (non-hydrogen) atoms. The standard InChI is InChI=1S/C25H27N3O4S/c1-18(2)28-33(31,32)22-15-13-21(14-16-22)26-25(30)23(17-19-9-5-3-6-10-19)27-24(29)20-11-7-4-8-12-20/h3-16,18,23,28H,17H2,1-2H3,(H,26,30)(H,27,29). The maximum absolute atomic E-state index is 13.1. The lowest BCUT2D eigenvalue weighted by Gasteiger charge is -2.19. The molecule has 1 unspecified atom stereocenters. The lowest BCUT2D eigenvalue weighted by molar-refractivity contribution is -0.118. The molecular formula is C25H27N3O4S. The molecule has 1 atom stereocenters. The van der Waals surface area contributed by atoms with Crippen LogP contribution in [0.15, 0.2) is 89.8 Å². The predicted molar refractivity (Wildman–Crippen MR) is 128 cm³/mol. The van der Waals surface area contributed by atoms with Crippen LogP contribution in [0.3, 0.4) is 0 Å². The number of benzene rings is 3. The Balaban J connectivity index is 1.76. The van der Waals surface area contributed by atoms with Gasteiger partial charge in [0.05, 0.1) is 4.90 Å². The second kappa shape index (κ2) is 10.9.